The average molecular weight is 285 g/mol. The monoisotopic (exact) mass is 285 g/mol. The average Bonchev–Trinajstić information content (AvgIpc) is 2.45. The van der Waals surface area contributed by atoms with Gasteiger partial charge in [0.1, 0.15) is 5.75 Å². The number of phenols is 1. The van der Waals surface area contributed by atoms with Crippen molar-refractivity contribution in [2.45, 2.75) is 50.9 Å². The van der Waals surface area contributed by atoms with Crippen molar-refractivity contribution in [3.05, 3.63) is 29.3 Å². The van der Waals surface area contributed by atoms with E-state index in [0.29, 0.717) is 11.5 Å². The fourth-order valence-electron chi connectivity index (χ4n) is 5.68. The minimum absolute atomic E-state index is 0.171. The Balaban J connectivity index is 1.79. The Morgan fingerprint density at radius 3 is 2.19 bits per heavy atom. The molecule has 4 fully saturated rings. The van der Waals surface area contributed by atoms with E-state index >= 15 is 0 Å². The van der Waals surface area contributed by atoms with Crippen LogP contribution in [0.25, 0.3) is 0 Å². The third-order valence-electron chi connectivity index (χ3n) is 6.17. The lowest BCUT2D eigenvalue weighted by atomic mass is 9.48. The molecule has 1 aromatic carbocycles. The molecule has 0 aromatic heterocycles. The van der Waals surface area contributed by atoms with Crippen LogP contribution in [0.15, 0.2) is 23.4 Å². The van der Waals surface area contributed by atoms with Crippen LogP contribution in [0, 0.1) is 17.8 Å². The van der Waals surface area contributed by atoms with Crippen molar-refractivity contribution in [1.29, 1.82) is 0 Å². The van der Waals surface area contributed by atoms with E-state index in [0.717, 1.165) is 28.9 Å². The fraction of sp³-hybridized carbons (Fsp3) is 0.611. The first-order valence-electron chi connectivity index (χ1n) is 8.12. The molecule has 4 bridgehead atoms. The molecule has 4 aliphatic carbocycles. The number of benzene rings is 1. The predicted molar refractivity (Wildman–Crippen MR) is 82.0 cm³/mol. The summed E-state index contributed by atoms with van der Waals surface area (Å²) in [6.07, 6.45) is 7.88. The summed E-state index contributed by atoms with van der Waals surface area (Å²) < 4.78 is 0. The Morgan fingerprint density at radius 1 is 1.10 bits per heavy atom. The summed E-state index contributed by atoms with van der Waals surface area (Å²) in [6.45, 7) is 1.80. The minimum atomic E-state index is 0.171. The number of rotatable bonds is 2. The molecule has 0 heterocycles. The summed E-state index contributed by atoms with van der Waals surface area (Å²) in [7, 11) is 0. The third-order valence-corrected chi connectivity index (χ3v) is 6.17. The molecule has 0 atom stereocenters. The van der Waals surface area contributed by atoms with Crippen LogP contribution < -0.4 is 0 Å². The summed E-state index contributed by atoms with van der Waals surface area (Å²) in [5.74, 6) is 2.98. The van der Waals surface area contributed by atoms with Crippen LogP contribution >= 0.6 is 0 Å². The van der Waals surface area contributed by atoms with Gasteiger partial charge < -0.3 is 10.3 Å². The number of hydrogen-bond donors (Lipinski definition) is 2. The Labute approximate surface area is 125 Å². The Kier molecular flexibility index (Phi) is 2.82. The second kappa shape index (κ2) is 4.49. The number of hydrogen-bond acceptors (Lipinski definition) is 3. The highest BCUT2D eigenvalue weighted by molar-refractivity contribution is 5.98. The molecule has 3 heteroatoms. The highest BCUT2D eigenvalue weighted by Gasteiger charge is 2.52. The maximum absolute atomic E-state index is 10.4. The van der Waals surface area contributed by atoms with Gasteiger partial charge in [0, 0.05) is 5.56 Å². The maximum atomic E-state index is 10.4. The Hall–Kier alpha value is -1.51. The summed E-state index contributed by atoms with van der Waals surface area (Å²) in [5.41, 5.74) is 2.80. The van der Waals surface area contributed by atoms with E-state index in [1.807, 2.05) is 6.07 Å². The summed E-state index contributed by atoms with van der Waals surface area (Å²) in [5, 5.41) is 22.8. The second-order valence-corrected chi connectivity index (χ2v) is 7.62. The Bertz CT molecular complexity index is 570. The highest BCUT2D eigenvalue weighted by atomic mass is 16.4. The van der Waals surface area contributed by atoms with Crippen molar-refractivity contribution in [2.75, 3.05) is 0 Å². The van der Waals surface area contributed by atoms with Gasteiger partial charge in [0.05, 0.1) is 5.71 Å². The largest absolute Gasteiger partial charge is 0.508 e. The molecular formula is C18H23NO2. The zero-order chi connectivity index (χ0) is 14.6. The van der Waals surface area contributed by atoms with Crippen LogP contribution in [0.1, 0.15) is 56.6 Å². The lowest BCUT2D eigenvalue weighted by Crippen LogP contribution is -2.48. The van der Waals surface area contributed by atoms with Crippen LogP contribution in [0.3, 0.4) is 0 Å². The quantitative estimate of drug-likeness (QED) is 0.489. The molecule has 4 saturated carbocycles. The number of aromatic hydroxyl groups is 1. The molecule has 3 nitrogen and oxygen atoms in total. The molecule has 0 amide bonds. The van der Waals surface area contributed by atoms with Gasteiger partial charge in [0.15, 0.2) is 0 Å². The zero-order valence-electron chi connectivity index (χ0n) is 12.5. The molecule has 0 saturated heterocycles. The van der Waals surface area contributed by atoms with Gasteiger partial charge in [0.25, 0.3) is 0 Å². The lowest BCUT2D eigenvalue weighted by Gasteiger charge is -2.57. The van der Waals surface area contributed by atoms with Gasteiger partial charge in [-0.15, -0.1) is 0 Å². The zero-order valence-corrected chi connectivity index (χ0v) is 12.5. The lowest BCUT2D eigenvalue weighted by molar-refractivity contribution is -0.00613. The number of phenolic OH excluding ortho intramolecular Hbond substituents is 1. The highest BCUT2D eigenvalue weighted by Crippen LogP contribution is 2.61. The van der Waals surface area contributed by atoms with Crippen molar-refractivity contribution in [2.24, 2.45) is 22.9 Å². The molecule has 112 valence electrons. The van der Waals surface area contributed by atoms with Gasteiger partial charge in [-0.05, 0) is 92.4 Å². The molecule has 2 N–H and O–H groups in total. The molecule has 0 radical (unpaired) electrons. The van der Waals surface area contributed by atoms with Crippen LogP contribution in [0.4, 0.5) is 0 Å². The first-order valence-corrected chi connectivity index (χ1v) is 8.12. The van der Waals surface area contributed by atoms with E-state index < -0.39 is 0 Å². The normalized spacial score (nSPS) is 38.0. The SMILES string of the molecule is CC(=NO)c1ccc(O)c(C23CC4CC(CC(C4)C2)C3)c1. The van der Waals surface area contributed by atoms with E-state index in [2.05, 4.69) is 11.2 Å². The van der Waals surface area contributed by atoms with E-state index in [9.17, 15) is 5.11 Å². The number of nitrogens with zero attached hydrogens (tertiary/aromatic N) is 1. The standard InChI is InChI=1S/C18H23NO2/c1-11(19-21)15-2-3-17(20)16(7-15)18-8-12-4-13(9-18)6-14(5-12)10-18/h2-3,7,12-14,20-21H,4-6,8-10H2,1H3. The van der Waals surface area contributed by atoms with Crippen molar-refractivity contribution in [1.82, 2.24) is 0 Å². The van der Waals surface area contributed by atoms with Crippen molar-refractivity contribution >= 4 is 5.71 Å². The molecule has 1 aromatic rings. The Morgan fingerprint density at radius 2 is 1.67 bits per heavy atom. The van der Waals surface area contributed by atoms with E-state index in [1.54, 1.807) is 13.0 Å². The first-order chi connectivity index (χ1) is 10.1. The second-order valence-electron chi connectivity index (χ2n) is 7.62. The topological polar surface area (TPSA) is 52.8 Å². The van der Waals surface area contributed by atoms with E-state index in [1.165, 1.54) is 38.5 Å². The van der Waals surface area contributed by atoms with Crippen LogP contribution in [-0.2, 0) is 5.41 Å². The van der Waals surface area contributed by atoms with Crippen molar-refractivity contribution < 1.29 is 10.3 Å². The van der Waals surface area contributed by atoms with Crippen molar-refractivity contribution in [3.8, 4) is 5.75 Å². The molecule has 0 unspecified atom stereocenters. The maximum Gasteiger partial charge on any atom is 0.119 e. The van der Waals surface area contributed by atoms with Crippen LogP contribution in [0.2, 0.25) is 0 Å². The van der Waals surface area contributed by atoms with Gasteiger partial charge in [-0.1, -0.05) is 5.16 Å². The molecule has 5 rings (SSSR count). The van der Waals surface area contributed by atoms with Crippen LogP contribution in [0.5, 0.6) is 5.75 Å². The molecule has 4 aliphatic rings. The van der Waals surface area contributed by atoms with Crippen molar-refractivity contribution in [3.63, 3.8) is 0 Å². The smallest absolute Gasteiger partial charge is 0.119 e. The van der Waals surface area contributed by atoms with Crippen LogP contribution in [-0.4, -0.2) is 16.0 Å². The van der Waals surface area contributed by atoms with E-state index in [4.69, 9.17) is 5.21 Å². The molecular weight excluding hydrogens is 262 g/mol. The van der Waals surface area contributed by atoms with Gasteiger partial charge in [0.2, 0.25) is 0 Å². The van der Waals surface area contributed by atoms with Gasteiger partial charge >= 0.3 is 0 Å². The van der Waals surface area contributed by atoms with Gasteiger partial charge in [-0.2, -0.15) is 0 Å². The first kappa shape index (κ1) is 13.2. The molecule has 0 aliphatic heterocycles. The summed E-state index contributed by atoms with van der Waals surface area (Å²) in [6, 6.07) is 5.68. The van der Waals surface area contributed by atoms with Gasteiger partial charge in [-0.25, -0.2) is 0 Å². The summed E-state index contributed by atoms with van der Waals surface area (Å²) in [4.78, 5) is 0. The predicted octanol–water partition coefficient (Wildman–Crippen LogP) is 4.06. The fourth-order valence-corrected chi connectivity index (χ4v) is 5.68. The summed E-state index contributed by atoms with van der Waals surface area (Å²) >= 11 is 0. The molecule has 21 heavy (non-hydrogen) atoms. The van der Waals surface area contributed by atoms with Gasteiger partial charge in [-0.3, -0.25) is 0 Å². The van der Waals surface area contributed by atoms with E-state index in [-0.39, 0.29) is 5.41 Å². The molecule has 0 spiro atoms. The third kappa shape index (κ3) is 1.97. The minimum Gasteiger partial charge on any atom is -0.508 e. The number of oxime groups is 1.